The number of nitrogens with zero attached hydrogens (tertiary/aromatic N) is 3. The molecule has 0 spiro atoms. The third-order valence-electron chi connectivity index (χ3n) is 5.96. The summed E-state index contributed by atoms with van der Waals surface area (Å²) in [5.74, 6) is -4.06. The average molecular weight is 432 g/mol. The van der Waals surface area contributed by atoms with Crippen molar-refractivity contribution >= 4 is 16.6 Å². The molecular weight excluding hydrogens is 409 g/mol. The maximum absolute atomic E-state index is 14.8. The number of fused-ring (bicyclic) bond motifs is 1. The Labute approximate surface area is 176 Å². The number of alkyl halides is 2. The van der Waals surface area contributed by atoms with Crippen molar-refractivity contribution in [2.75, 3.05) is 5.32 Å². The maximum Gasteiger partial charge on any atom is 0.274 e. The molecule has 0 unspecified atom stereocenters. The first kappa shape index (κ1) is 21.1. The molecule has 0 radical (unpaired) electrons. The van der Waals surface area contributed by atoms with Crippen molar-refractivity contribution in [1.82, 2.24) is 14.3 Å². The van der Waals surface area contributed by atoms with Gasteiger partial charge in [0.05, 0.1) is 17.0 Å². The Morgan fingerprint density at radius 2 is 1.90 bits per heavy atom. The van der Waals surface area contributed by atoms with Crippen LogP contribution in [-0.2, 0) is 18.5 Å². The maximum atomic E-state index is 14.8. The summed E-state index contributed by atoms with van der Waals surface area (Å²) >= 11 is 0. The summed E-state index contributed by atoms with van der Waals surface area (Å²) in [6.45, 7) is 4.22. The van der Waals surface area contributed by atoms with Crippen LogP contribution in [0.5, 0.6) is 0 Å². The molecule has 1 aromatic carbocycles. The van der Waals surface area contributed by atoms with Gasteiger partial charge in [-0.05, 0) is 26.7 Å². The van der Waals surface area contributed by atoms with Crippen molar-refractivity contribution in [3.8, 4) is 0 Å². The van der Waals surface area contributed by atoms with Gasteiger partial charge in [-0.1, -0.05) is 18.2 Å². The zero-order valence-electron chi connectivity index (χ0n) is 17.7. The molecule has 9 heteroatoms. The lowest BCUT2D eigenvalue weighted by molar-refractivity contribution is 0.0136. The normalized spacial score (nSPS) is 16.4. The fourth-order valence-corrected chi connectivity index (χ4v) is 3.78. The lowest BCUT2D eigenvalue weighted by Gasteiger charge is -2.21. The van der Waals surface area contributed by atoms with E-state index in [2.05, 4.69) is 10.4 Å². The first-order chi connectivity index (χ1) is 14.4. The molecule has 164 valence electrons. The molecule has 2 heterocycles. The topological polar surface area (TPSA) is 68.9 Å². The Morgan fingerprint density at radius 1 is 1.23 bits per heavy atom. The molecule has 31 heavy (non-hydrogen) atoms. The first-order valence-electron chi connectivity index (χ1n) is 10.00. The van der Waals surface area contributed by atoms with Gasteiger partial charge in [-0.3, -0.25) is 9.59 Å². The van der Waals surface area contributed by atoms with Crippen LogP contribution in [0.25, 0.3) is 10.8 Å². The van der Waals surface area contributed by atoms with E-state index in [1.807, 2.05) is 6.92 Å². The van der Waals surface area contributed by atoms with Crippen LogP contribution >= 0.6 is 0 Å². The third-order valence-corrected chi connectivity index (χ3v) is 5.96. The highest BCUT2D eigenvalue weighted by atomic mass is 19.3. The van der Waals surface area contributed by atoms with E-state index in [-0.39, 0.29) is 27.9 Å². The molecule has 0 aliphatic heterocycles. The number of aryl methyl sites for hydroxylation is 1. The van der Waals surface area contributed by atoms with Crippen molar-refractivity contribution in [3.05, 3.63) is 68.1 Å². The summed E-state index contributed by atoms with van der Waals surface area (Å²) in [6.07, 6.45) is 3.29. The SMILES string of the molecule is C[C@@H](Nc1nn(C)c(=O)c2cc(=O)n(C3(C)CC3)cc12)c1cccc(C(C)(F)F)c1F. The molecular formula is C22H23F3N4O2. The second-order valence-corrected chi connectivity index (χ2v) is 8.55. The molecule has 2 aromatic heterocycles. The molecule has 6 nitrogen and oxygen atoms in total. The van der Waals surface area contributed by atoms with Crippen molar-refractivity contribution in [2.45, 2.75) is 51.1 Å². The van der Waals surface area contributed by atoms with Gasteiger partial charge >= 0.3 is 0 Å². The largest absolute Gasteiger partial charge is 0.361 e. The van der Waals surface area contributed by atoms with Crippen molar-refractivity contribution in [3.63, 3.8) is 0 Å². The Bertz CT molecular complexity index is 1300. The van der Waals surface area contributed by atoms with Gasteiger partial charge in [0.25, 0.3) is 17.0 Å². The minimum atomic E-state index is -3.32. The van der Waals surface area contributed by atoms with Crippen molar-refractivity contribution in [2.24, 2.45) is 7.05 Å². The summed E-state index contributed by atoms with van der Waals surface area (Å²) in [7, 11) is 1.45. The number of hydrogen-bond acceptors (Lipinski definition) is 4. The highest BCUT2D eigenvalue weighted by Crippen LogP contribution is 2.42. The van der Waals surface area contributed by atoms with Gasteiger partial charge in [-0.15, -0.1) is 0 Å². The Morgan fingerprint density at radius 3 is 2.52 bits per heavy atom. The van der Waals surface area contributed by atoms with E-state index in [0.717, 1.165) is 23.6 Å². The first-order valence-corrected chi connectivity index (χ1v) is 10.00. The lowest BCUT2D eigenvalue weighted by Crippen LogP contribution is -2.30. The highest BCUT2D eigenvalue weighted by molar-refractivity contribution is 5.90. The fourth-order valence-electron chi connectivity index (χ4n) is 3.78. The number of rotatable bonds is 5. The molecule has 3 aromatic rings. The summed E-state index contributed by atoms with van der Waals surface area (Å²) in [6, 6.07) is 4.42. The van der Waals surface area contributed by atoms with Crippen LogP contribution in [0.3, 0.4) is 0 Å². The number of anilines is 1. The number of aromatic nitrogens is 3. The van der Waals surface area contributed by atoms with Gasteiger partial charge < -0.3 is 9.88 Å². The van der Waals surface area contributed by atoms with E-state index >= 15 is 0 Å². The number of benzene rings is 1. The van der Waals surface area contributed by atoms with Crippen molar-refractivity contribution in [1.29, 1.82) is 0 Å². The summed E-state index contributed by atoms with van der Waals surface area (Å²) in [4.78, 5) is 25.1. The molecule has 0 bridgehead atoms. The molecule has 4 rings (SSSR count). The number of pyridine rings is 1. The Hall–Kier alpha value is -3.10. The van der Waals surface area contributed by atoms with E-state index in [0.29, 0.717) is 12.3 Å². The van der Waals surface area contributed by atoms with Gasteiger partial charge in [0.2, 0.25) is 0 Å². The van der Waals surface area contributed by atoms with Gasteiger partial charge in [-0.2, -0.15) is 5.10 Å². The molecule has 0 amide bonds. The number of halogens is 3. The molecule has 1 N–H and O–H groups in total. The van der Waals surface area contributed by atoms with Crippen LogP contribution in [-0.4, -0.2) is 14.3 Å². The van der Waals surface area contributed by atoms with Gasteiger partial charge in [-0.25, -0.2) is 17.9 Å². The fraction of sp³-hybridized carbons (Fsp3) is 0.409. The summed E-state index contributed by atoms with van der Waals surface area (Å²) in [5, 5.41) is 7.89. The smallest absolute Gasteiger partial charge is 0.274 e. The van der Waals surface area contributed by atoms with Gasteiger partial charge in [0.1, 0.15) is 5.82 Å². The Balaban J connectivity index is 1.83. The Kier molecular flexibility index (Phi) is 4.75. The average Bonchev–Trinajstić information content (AvgIpc) is 3.43. The van der Waals surface area contributed by atoms with Crippen LogP contribution in [0, 0.1) is 5.82 Å². The second-order valence-electron chi connectivity index (χ2n) is 8.55. The van der Waals surface area contributed by atoms with Crippen molar-refractivity contribution < 1.29 is 13.2 Å². The molecule has 1 atom stereocenters. The van der Waals surface area contributed by atoms with Crippen LogP contribution in [0.15, 0.2) is 40.1 Å². The minimum absolute atomic E-state index is 0.0466. The standard InChI is InChI=1S/C22H23F3N4O2/c1-12(13-6-5-7-16(18(13)23)22(3,24)25)26-19-15-11-29(21(2)8-9-21)17(30)10-14(15)20(31)28(4)27-19/h5-7,10-12H,8-9H2,1-4H3,(H,26,27)/t12-/m1/s1. The van der Waals surface area contributed by atoms with Crippen LogP contribution in [0.4, 0.5) is 19.0 Å². The predicted octanol–water partition coefficient (Wildman–Crippen LogP) is 4.03. The molecule has 1 aliphatic rings. The van der Waals surface area contributed by atoms with Crippen LogP contribution in [0.2, 0.25) is 0 Å². The zero-order valence-corrected chi connectivity index (χ0v) is 17.7. The molecule has 1 saturated carbocycles. The van der Waals surface area contributed by atoms with E-state index < -0.39 is 28.9 Å². The minimum Gasteiger partial charge on any atom is -0.361 e. The molecule has 0 saturated heterocycles. The van der Waals surface area contributed by atoms with E-state index in [1.54, 1.807) is 17.7 Å². The molecule has 1 fully saturated rings. The summed E-state index contributed by atoms with van der Waals surface area (Å²) in [5.41, 5.74) is -1.66. The van der Waals surface area contributed by atoms with Crippen LogP contribution < -0.4 is 16.4 Å². The molecule has 1 aliphatic carbocycles. The van der Waals surface area contributed by atoms with Crippen LogP contribution in [0.1, 0.15) is 50.8 Å². The van der Waals surface area contributed by atoms with E-state index in [9.17, 15) is 22.8 Å². The second kappa shape index (κ2) is 6.96. The number of hydrogen-bond donors (Lipinski definition) is 1. The monoisotopic (exact) mass is 432 g/mol. The lowest BCUT2D eigenvalue weighted by atomic mass is 10.0. The third kappa shape index (κ3) is 3.62. The van der Waals surface area contributed by atoms with Gasteiger partial charge in [0, 0.05) is 42.7 Å². The van der Waals surface area contributed by atoms with E-state index in [4.69, 9.17) is 0 Å². The quantitative estimate of drug-likeness (QED) is 0.661. The predicted molar refractivity (Wildman–Crippen MR) is 112 cm³/mol. The van der Waals surface area contributed by atoms with E-state index in [1.165, 1.54) is 25.2 Å². The zero-order chi connectivity index (χ0) is 22.7. The highest BCUT2D eigenvalue weighted by Gasteiger charge is 2.40. The summed E-state index contributed by atoms with van der Waals surface area (Å²) < 4.78 is 45.0. The van der Waals surface area contributed by atoms with Gasteiger partial charge in [0.15, 0.2) is 5.82 Å². The number of nitrogens with one attached hydrogen (secondary N) is 1.